The summed E-state index contributed by atoms with van der Waals surface area (Å²) in [5.41, 5.74) is 8.91. The fraction of sp³-hybridized carbons (Fsp3) is 0.364. The number of benzene rings is 2. The number of rotatable bonds is 8. The zero-order chi connectivity index (χ0) is 19.1. The summed E-state index contributed by atoms with van der Waals surface area (Å²) in [7, 11) is 0. The molecule has 2 aromatic carbocycles. The van der Waals surface area contributed by atoms with E-state index in [1.54, 1.807) is 12.1 Å². The van der Waals surface area contributed by atoms with Gasteiger partial charge >= 0.3 is 0 Å². The molecular weight excluding hydrogens is 338 g/mol. The summed E-state index contributed by atoms with van der Waals surface area (Å²) in [6, 6.07) is 15.2. The quantitative estimate of drug-likeness (QED) is 0.700. The van der Waals surface area contributed by atoms with Crippen LogP contribution in [0.2, 0.25) is 0 Å². The standard InChI is InChI=1S/C22H27N3O2/c23-14-6-2-1-3-12-21(26)24-19-10-7-9-18(16-19)22(27)25-15-13-17-8-4-5-11-20(17)25/h4-5,7-11,16H,1-3,6,12-15,23H2,(H,24,26). The second kappa shape index (κ2) is 9.33. The predicted octanol–water partition coefficient (Wildman–Crippen LogP) is 3.74. The van der Waals surface area contributed by atoms with Gasteiger partial charge in [0.25, 0.3) is 5.91 Å². The van der Waals surface area contributed by atoms with Gasteiger partial charge in [0, 0.05) is 29.9 Å². The molecule has 5 heteroatoms. The van der Waals surface area contributed by atoms with Crippen molar-refractivity contribution in [3.63, 3.8) is 0 Å². The Hall–Kier alpha value is -2.66. The SMILES string of the molecule is NCCCCCCC(=O)Nc1cccc(C(=O)N2CCc3ccccc32)c1. The molecule has 0 saturated heterocycles. The van der Waals surface area contributed by atoms with Crippen LogP contribution in [0, 0.1) is 0 Å². The van der Waals surface area contributed by atoms with Crippen molar-refractivity contribution in [1.82, 2.24) is 0 Å². The van der Waals surface area contributed by atoms with Crippen LogP contribution in [-0.4, -0.2) is 24.9 Å². The van der Waals surface area contributed by atoms with Gasteiger partial charge in [0.2, 0.25) is 5.91 Å². The lowest BCUT2D eigenvalue weighted by Gasteiger charge is -2.18. The number of carbonyl (C=O) groups is 2. The molecule has 1 aliphatic rings. The van der Waals surface area contributed by atoms with Gasteiger partial charge in [0.05, 0.1) is 0 Å². The number of hydrogen-bond acceptors (Lipinski definition) is 3. The van der Waals surface area contributed by atoms with E-state index in [-0.39, 0.29) is 11.8 Å². The van der Waals surface area contributed by atoms with Gasteiger partial charge in [-0.15, -0.1) is 0 Å². The Balaban J connectivity index is 1.59. The monoisotopic (exact) mass is 365 g/mol. The molecule has 2 aromatic rings. The fourth-order valence-corrected chi connectivity index (χ4v) is 3.44. The Morgan fingerprint density at radius 1 is 1.00 bits per heavy atom. The first-order valence-corrected chi connectivity index (χ1v) is 9.69. The van der Waals surface area contributed by atoms with E-state index in [4.69, 9.17) is 5.73 Å². The Morgan fingerprint density at radius 2 is 1.81 bits per heavy atom. The smallest absolute Gasteiger partial charge is 0.258 e. The van der Waals surface area contributed by atoms with E-state index in [2.05, 4.69) is 11.4 Å². The van der Waals surface area contributed by atoms with E-state index in [0.717, 1.165) is 37.8 Å². The van der Waals surface area contributed by atoms with Gasteiger partial charge in [-0.2, -0.15) is 0 Å². The van der Waals surface area contributed by atoms with Crippen LogP contribution in [-0.2, 0) is 11.2 Å². The molecule has 5 nitrogen and oxygen atoms in total. The van der Waals surface area contributed by atoms with Crippen molar-refractivity contribution in [3.8, 4) is 0 Å². The second-order valence-electron chi connectivity index (χ2n) is 6.92. The zero-order valence-electron chi connectivity index (χ0n) is 15.6. The van der Waals surface area contributed by atoms with Crippen molar-refractivity contribution in [2.75, 3.05) is 23.3 Å². The van der Waals surface area contributed by atoms with Crippen molar-refractivity contribution in [2.24, 2.45) is 5.73 Å². The molecule has 1 heterocycles. The Kier molecular flexibility index (Phi) is 6.60. The fourth-order valence-electron chi connectivity index (χ4n) is 3.44. The van der Waals surface area contributed by atoms with Crippen LogP contribution in [0.5, 0.6) is 0 Å². The molecule has 0 saturated carbocycles. The topological polar surface area (TPSA) is 75.4 Å². The number of carbonyl (C=O) groups excluding carboxylic acids is 2. The van der Waals surface area contributed by atoms with E-state index < -0.39 is 0 Å². The van der Waals surface area contributed by atoms with E-state index in [0.29, 0.717) is 30.8 Å². The highest BCUT2D eigenvalue weighted by Crippen LogP contribution is 2.29. The molecule has 0 aliphatic carbocycles. The summed E-state index contributed by atoms with van der Waals surface area (Å²) in [5, 5.41) is 2.90. The predicted molar refractivity (Wildman–Crippen MR) is 109 cm³/mol. The summed E-state index contributed by atoms with van der Waals surface area (Å²) in [4.78, 5) is 26.9. The largest absolute Gasteiger partial charge is 0.330 e. The summed E-state index contributed by atoms with van der Waals surface area (Å²) in [6.45, 7) is 1.39. The van der Waals surface area contributed by atoms with E-state index in [9.17, 15) is 9.59 Å². The van der Waals surface area contributed by atoms with Crippen LogP contribution >= 0.6 is 0 Å². The number of unbranched alkanes of at least 4 members (excludes halogenated alkanes) is 3. The highest BCUT2D eigenvalue weighted by atomic mass is 16.2. The van der Waals surface area contributed by atoms with Gasteiger partial charge in [-0.25, -0.2) is 0 Å². The third kappa shape index (κ3) is 4.95. The second-order valence-corrected chi connectivity index (χ2v) is 6.92. The normalized spacial score (nSPS) is 12.7. The van der Waals surface area contributed by atoms with Crippen LogP contribution < -0.4 is 16.0 Å². The number of hydrogen-bond donors (Lipinski definition) is 2. The number of amides is 2. The average Bonchev–Trinajstić information content (AvgIpc) is 3.11. The molecule has 27 heavy (non-hydrogen) atoms. The molecule has 2 amide bonds. The van der Waals surface area contributed by atoms with Gasteiger partial charge < -0.3 is 16.0 Å². The number of nitrogens with zero attached hydrogens (tertiary/aromatic N) is 1. The highest BCUT2D eigenvalue weighted by molar-refractivity contribution is 6.08. The van der Waals surface area contributed by atoms with Crippen LogP contribution in [0.25, 0.3) is 0 Å². The minimum absolute atomic E-state index is 0.0149. The molecule has 0 aromatic heterocycles. The Labute approximate surface area is 160 Å². The zero-order valence-corrected chi connectivity index (χ0v) is 15.6. The van der Waals surface area contributed by atoms with Crippen LogP contribution in [0.4, 0.5) is 11.4 Å². The minimum atomic E-state index is -0.0298. The number of anilines is 2. The van der Waals surface area contributed by atoms with Crippen molar-refractivity contribution in [3.05, 3.63) is 59.7 Å². The molecule has 0 unspecified atom stereocenters. The lowest BCUT2D eigenvalue weighted by Crippen LogP contribution is -2.28. The number of nitrogens with two attached hydrogens (primary N) is 1. The van der Waals surface area contributed by atoms with E-state index in [1.807, 2.05) is 35.2 Å². The van der Waals surface area contributed by atoms with Gasteiger partial charge in [-0.3, -0.25) is 9.59 Å². The lowest BCUT2D eigenvalue weighted by atomic mass is 10.1. The molecule has 142 valence electrons. The minimum Gasteiger partial charge on any atom is -0.330 e. The van der Waals surface area contributed by atoms with E-state index >= 15 is 0 Å². The number of fused-ring (bicyclic) bond motifs is 1. The third-order valence-corrected chi connectivity index (χ3v) is 4.88. The maximum atomic E-state index is 12.9. The molecule has 0 spiro atoms. The Morgan fingerprint density at radius 3 is 2.67 bits per heavy atom. The first kappa shape index (κ1) is 19.1. The molecule has 0 radical (unpaired) electrons. The molecular formula is C22H27N3O2. The first-order chi connectivity index (χ1) is 13.2. The van der Waals surface area contributed by atoms with Gasteiger partial charge in [-0.1, -0.05) is 37.1 Å². The number of para-hydroxylation sites is 1. The molecule has 3 N–H and O–H groups in total. The van der Waals surface area contributed by atoms with Gasteiger partial charge in [0.1, 0.15) is 0 Å². The van der Waals surface area contributed by atoms with Crippen molar-refractivity contribution < 1.29 is 9.59 Å². The van der Waals surface area contributed by atoms with Crippen LogP contribution in [0.15, 0.2) is 48.5 Å². The maximum absolute atomic E-state index is 12.9. The first-order valence-electron chi connectivity index (χ1n) is 9.69. The summed E-state index contributed by atoms with van der Waals surface area (Å²) < 4.78 is 0. The van der Waals surface area contributed by atoms with Crippen molar-refractivity contribution in [1.29, 1.82) is 0 Å². The average molecular weight is 365 g/mol. The molecule has 0 atom stereocenters. The summed E-state index contributed by atoms with van der Waals surface area (Å²) in [6.07, 6.45) is 5.30. The maximum Gasteiger partial charge on any atom is 0.258 e. The van der Waals surface area contributed by atoms with Crippen LogP contribution in [0.3, 0.4) is 0 Å². The van der Waals surface area contributed by atoms with Crippen molar-refractivity contribution in [2.45, 2.75) is 38.5 Å². The van der Waals surface area contributed by atoms with Crippen molar-refractivity contribution >= 4 is 23.2 Å². The van der Waals surface area contributed by atoms with Gasteiger partial charge in [-0.05, 0) is 55.6 Å². The molecule has 0 fully saturated rings. The number of nitrogens with one attached hydrogen (secondary N) is 1. The molecule has 3 rings (SSSR count). The summed E-state index contributed by atoms with van der Waals surface area (Å²) in [5.74, 6) is -0.0447. The third-order valence-electron chi connectivity index (χ3n) is 4.88. The molecule has 1 aliphatic heterocycles. The lowest BCUT2D eigenvalue weighted by molar-refractivity contribution is -0.116. The molecule has 0 bridgehead atoms. The highest BCUT2D eigenvalue weighted by Gasteiger charge is 2.25. The van der Waals surface area contributed by atoms with Crippen LogP contribution in [0.1, 0.15) is 48.0 Å². The van der Waals surface area contributed by atoms with E-state index in [1.165, 1.54) is 5.56 Å². The summed E-state index contributed by atoms with van der Waals surface area (Å²) >= 11 is 0. The Bertz CT molecular complexity index is 804. The van der Waals surface area contributed by atoms with Gasteiger partial charge in [0.15, 0.2) is 0 Å².